The summed E-state index contributed by atoms with van der Waals surface area (Å²) in [5.74, 6) is -0.458. The van der Waals surface area contributed by atoms with Crippen molar-refractivity contribution in [1.29, 1.82) is 0 Å². The minimum atomic E-state index is -4.40. The second-order valence-electron chi connectivity index (χ2n) is 4.26. The lowest BCUT2D eigenvalue weighted by molar-refractivity contribution is -0.138. The highest BCUT2D eigenvalue weighted by atomic mass is 19.4. The van der Waals surface area contributed by atoms with Gasteiger partial charge in [-0.1, -0.05) is 6.07 Å². The molecule has 1 aromatic rings. The molecule has 0 aliphatic carbocycles. The lowest BCUT2D eigenvalue weighted by atomic mass is 9.86. The van der Waals surface area contributed by atoms with E-state index >= 15 is 0 Å². The maximum Gasteiger partial charge on any atom is 0.416 e. The Labute approximate surface area is 97.5 Å². The topological polar surface area (TPSA) is 32.3 Å². The third-order valence-electron chi connectivity index (χ3n) is 3.14. The van der Waals surface area contributed by atoms with Crippen LogP contribution >= 0.6 is 0 Å². The Morgan fingerprint density at radius 3 is 2.41 bits per heavy atom. The van der Waals surface area contributed by atoms with Crippen LogP contribution in [-0.2, 0) is 6.18 Å². The summed E-state index contributed by atoms with van der Waals surface area (Å²) in [6.45, 7) is 1.38. The number of rotatable bonds is 1. The van der Waals surface area contributed by atoms with E-state index in [0.717, 1.165) is 6.07 Å². The van der Waals surface area contributed by atoms with E-state index in [1.165, 1.54) is 12.1 Å². The van der Waals surface area contributed by atoms with Gasteiger partial charge in [-0.2, -0.15) is 13.2 Å². The predicted molar refractivity (Wildman–Crippen MR) is 58.0 cm³/mol. The Kier molecular flexibility index (Phi) is 3.28. The highest BCUT2D eigenvalue weighted by Gasteiger charge is 2.36. The highest BCUT2D eigenvalue weighted by Crippen LogP contribution is 2.41. The van der Waals surface area contributed by atoms with Crippen LogP contribution in [0.1, 0.15) is 29.9 Å². The van der Waals surface area contributed by atoms with Crippen molar-refractivity contribution in [2.24, 2.45) is 0 Å². The molecule has 17 heavy (non-hydrogen) atoms. The molecule has 2 N–H and O–H groups in total. The van der Waals surface area contributed by atoms with E-state index in [1.807, 2.05) is 0 Å². The largest absolute Gasteiger partial charge is 0.508 e. The number of phenolic OH excluding ortho intramolecular Hbond substituents is 1. The summed E-state index contributed by atoms with van der Waals surface area (Å²) in [7, 11) is 0. The maximum atomic E-state index is 12.9. The second-order valence-corrected chi connectivity index (χ2v) is 4.26. The van der Waals surface area contributed by atoms with Crippen molar-refractivity contribution >= 4 is 0 Å². The zero-order valence-electron chi connectivity index (χ0n) is 9.22. The molecule has 1 heterocycles. The average molecular weight is 245 g/mol. The standard InChI is InChI=1S/C12H14F3NO/c13-12(14,15)9-2-1-3-10(17)11(9)8-4-6-16-7-5-8/h1-3,8,16-17H,4-7H2. The summed E-state index contributed by atoms with van der Waals surface area (Å²) >= 11 is 0. The van der Waals surface area contributed by atoms with Crippen molar-refractivity contribution in [2.75, 3.05) is 13.1 Å². The zero-order valence-corrected chi connectivity index (χ0v) is 9.22. The third-order valence-corrected chi connectivity index (χ3v) is 3.14. The van der Waals surface area contributed by atoms with Gasteiger partial charge in [0.15, 0.2) is 0 Å². The van der Waals surface area contributed by atoms with Crippen LogP contribution in [-0.4, -0.2) is 18.2 Å². The molecule has 0 bridgehead atoms. The molecular weight excluding hydrogens is 231 g/mol. The smallest absolute Gasteiger partial charge is 0.416 e. The molecule has 0 aromatic heterocycles. The fraction of sp³-hybridized carbons (Fsp3) is 0.500. The van der Waals surface area contributed by atoms with Crippen molar-refractivity contribution in [1.82, 2.24) is 5.32 Å². The summed E-state index contributed by atoms with van der Waals surface area (Å²) in [5.41, 5.74) is -0.647. The van der Waals surface area contributed by atoms with E-state index in [2.05, 4.69) is 5.32 Å². The van der Waals surface area contributed by atoms with Crippen LogP contribution in [0.5, 0.6) is 5.75 Å². The maximum absolute atomic E-state index is 12.9. The van der Waals surface area contributed by atoms with E-state index in [9.17, 15) is 18.3 Å². The van der Waals surface area contributed by atoms with Gasteiger partial charge in [0.1, 0.15) is 5.75 Å². The zero-order chi connectivity index (χ0) is 12.5. The number of phenols is 1. The van der Waals surface area contributed by atoms with Crippen LogP contribution in [0.25, 0.3) is 0 Å². The Balaban J connectivity index is 2.43. The molecule has 5 heteroatoms. The van der Waals surface area contributed by atoms with E-state index in [-0.39, 0.29) is 17.2 Å². The number of halogens is 3. The van der Waals surface area contributed by atoms with Gasteiger partial charge < -0.3 is 10.4 Å². The van der Waals surface area contributed by atoms with E-state index in [4.69, 9.17) is 0 Å². The van der Waals surface area contributed by atoms with Crippen molar-refractivity contribution in [3.8, 4) is 5.75 Å². The number of hydrogen-bond acceptors (Lipinski definition) is 2. The summed E-state index contributed by atoms with van der Waals surface area (Å²) in [6.07, 6.45) is -3.15. The minimum Gasteiger partial charge on any atom is -0.508 e. The SMILES string of the molecule is Oc1cccc(C(F)(F)F)c1C1CCNCC1. The molecule has 2 rings (SSSR count). The van der Waals surface area contributed by atoms with Gasteiger partial charge >= 0.3 is 6.18 Å². The van der Waals surface area contributed by atoms with Crippen molar-refractivity contribution in [3.05, 3.63) is 29.3 Å². The Hall–Kier alpha value is -1.23. The fourth-order valence-corrected chi connectivity index (χ4v) is 2.34. The Bertz CT molecular complexity index is 397. The van der Waals surface area contributed by atoms with Crippen LogP contribution in [0.2, 0.25) is 0 Å². The molecule has 1 saturated heterocycles. The molecular formula is C12H14F3NO. The number of aromatic hydroxyl groups is 1. The van der Waals surface area contributed by atoms with E-state index in [0.29, 0.717) is 25.9 Å². The van der Waals surface area contributed by atoms with Crippen molar-refractivity contribution in [2.45, 2.75) is 24.9 Å². The third kappa shape index (κ3) is 2.54. The molecule has 0 saturated carbocycles. The second kappa shape index (κ2) is 4.56. The summed E-state index contributed by atoms with van der Waals surface area (Å²) in [5, 5.41) is 12.8. The summed E-state index contributed by atoms with van der Waals surface area (Å²) in [6, 6.07) is 3.60. The molecule has 0 spiro atoms. The van der Waals surface area contributed by atoms with Crippen LogP contribution in [0, 0.1) is 0 Å². The Morgan fingerprint density at radius 2 is 1.82 bits per heavy atom. The summed E-state index contributed by atoms with van der Waals surface area (Å²) < 4.78 is 38.6. The molecule has 0 atom stereocenters. The molecule has 1 aromatic carbocycles. The van der Waals surface area contributed by atoms with E-state index in [1.54, 1.807) is 0 Å². The van der Waals surface area contributed by atoms with Crippen LogP contribution in [0.15, 0.2) is 18.2 Å². The number of hydrogen-bond donors (Lipinski definition) is 2. The molecule has 1 aliphatic rings. The van der Waals surface area contributed by atoms with Gasteiger partial charge in [0, 0.05) is 5.56 Å². The van der Waals surface area contributed by atoms with Crippen molar-refractivity contribution < 1.29 is 18.3 Å². The molecule has 0 amide bonds. The molecule has 94 valence electrons. The molecule has 1 aliphatic heterocycles. The highest BCUT2D eigenvalue weighted by molar-refractivity contribution is 5.43. The molecule has 0 radical (unpaired) electrons. The molecule has 0 unspecified atom stereocenters. The average Bonchev–Trinajstić information content (AvgIpc) is 2.28. The molecule has 2 nitrogen and oxygen atoms in total. The lowest BCUT2D eigenvalue weighted by Gasteiger charge is -2.26. The number of benzene rings is 1. The predicted octanol–water partition coefficient (Wildman–Crippen LogP) is 2.88. The summed E-state index contributed by atoms with van der Waals surface area (Å²) in [4.78, 5) is 0. The monoisotopic (exact) mass is 245 g/mol. The normalized spacial score (nSPS) is 18.3. The first kappa shape index (κ1) is 12.2. The fourth-order valence-electron chi connectivity index (χ4n) is 2.34. The van der Waals surface area contributed by atoms with E-state index < -0.39 is 11.7 Å². The number of alkyl halides is 3. The van der Waals surface area contributed by atoms with Gasteiger partial charge in [-0.25, -0.2) is 0 Å². The van der Waals surface area contributed by atoms with Gasteiger partial charge in [-0.3, -0.25) is 0 Å². The van der Waals surface area contributed by atoms with Gasteiger partial charge in [-0.05, 0) is 44.0 Å². The lowest BCUT2D eigenvalue weighted by Crippen LogP contribution is -2.27. The number of piperidine rings is 1. The van der Waals surface area contributed by atoms with Gasteiger partial charge in [0.25, 0.3) is 0 Å². The van der Waals surface area contributed by atoms with Gasteiger partial charge in [0.2, 0.25) is 0 Å². The Morgan fingerprint density at radius 1 is 1.18 bits per heavy atom. The molecule has 1 fully saturated rings. The quantitative estimate of drug-likeness (QED) is 0.797. The minimum absolute atomic E-state index is 0.0569. The number of nitrogens with one attached hydrogen (secondary N) is 1. The van der Waals surface area contributed by atoms with Crippen LogP contribution < -0.4 is 5.32 Å². The first-order valence-corrected chi connectivity index (χ1v) is 5.60. The van der Waals surface area contributed by atoms with Crippen LogP contribution in [0.3, 0.4) is 0 Å². The van der Waals surface area contributed by atoms with Gasteiger partial charge in [0.05, 0.1) is 5.56 Å². The first-order chi connectivity index (χ1) is 8.00. The first-order valence-electron chi connectivity index (χ1n) is 5.60. The van der Waals surface area contributed by atoms with Crippen molar-refractivity contribution in [3.63, 3.8) is 0 Å². The van der Waals surface area contributed by atoms with Gasteiger partial charge in [-0.15, -0.1) is 0 Å². The van der Waals surface area contributed by atoms with Crippen LogP contribution in [0.4, 0.5) is 13.2 Å².